The highest BCUT2D eigenvalue weighted by Crippen LogP contribution is 2.26. The Labute approximate surface area is 199 Å². The van der Waals surface area contributed by atoms with Crippen LogP contribution in [0.5, 0.6) is 0 Å². The quantitative estimate of drug-likeness (QED) is 0.399. The minimum atomic E-state index is 0.0531. The van der Waals surface area contributed by atoms with Crippen molar-refractivity contribution in [3.63, 3.8) is 0 Å². The highest BCUT2D eigenvalue weighted by Gasteiger charge is 2.24. The lowest BCUT2D eigenvalue weighted by Gasteiger charge is -2.28. The zero-order valence-corrected chi connectivity index (χ0v) is 19.9. The van der Waals surface area contributed by atoms with Crippen LogP contribution in [0, 0.1) is 0 Å². The van der Waals surface area contributed by atoms with Crippen LogP contribution in [0.25, 0.3) is 16.2 Å². The van der Waals surface area contributed by atoms with E-state index < -0.39 is 0 Å². The summed E-state index contributed by atoms with van der Waals surface area (Å²) in [5.74, 6) is 0.0531. The number of amides is 1. The molecule has 1 atom stereocenters. The van der Waals surface area contributed by atoms with Crippen LogP contribution in [0.15, 0.2) is 66.2 Å². The molecule has 0 radical (unpaired) electrons. The zero-order chi connectivity index (χ0) is 22.6. The Balaban J connectivity index is 1.27. The van der Waals surface area contributed by atoms with Crippen LogP contribution in [0.2, 0.25) is 0 Å². The average Bonchev–Trinajstić information content (AvgIpc) is 3.60. The fourth-order valence-corrected chi connectivity index (χ4v) is 5.50. The van der Waals surface area contributed by atoms with E-state index in [1.165, 1.54) is 24.0 Å². The van der Waals surface area contributed by atoms with Gasteiger partial charge in [-0.15, -0.1) is 11.3 Å². The summed E-state index contributed by atoms with van der Waals surface area (Å²) in [6, 6.07) is 19.3. The van der Waals surface area contributed by atoms with Gasteiger partial charge in [-0.25, -0.2) is 4.98 Å². The third-order valence-electron chi connectivity index (χ3n) is 6.54. The predicted molar refractivity (Wildman–Crippen MR) is 135 cm³/mol. The lowest BCUT2D eigenvalue weighted by Crippen LogP contribution is -2.37. The second-order valence-electron chi connectivity index (χ2n) is 8.71. The molecule has 5 rings (SSSR count). The number of thiazole rings is 1. The molecule has 1 N–H and O–H groups in total. The number of hydrogen-bond acceptors (Lipinski definition) is 4. The summed E-state index contributed by atoms with van der Waals surface area (Å²) in [6.07, 6.45) is 5.89. The van der Waals surface area contributed by atoms with E-state index in [-0.39, 0.29) is 11.9 Å². The summed E-state index contributed by atoms with van der Waals surface area (Å²) in [4.78, 5) is 21.1. The Morgan fingerprint density at radius 1 is 1.09 bits per heavy atom. The summed E-state index contributed by atoms with van der Waals surface area (Å²) < 4.78 is 2.06. The largest absolute Gasteiger partial charge is 0.354 e. The number of nitrogens with one attached hydrogen (secondary N) is 1. The molecule has 4 aromatic rings. The Morgan fingerprint density at radius 2 is 1.85 bits per heavy atom. The molecule has 33 heavy (non-hydrogen) atoms. The van der Waals surface area contributed by atoms with Crippen LogP contribution in [0.1, 0.15) is 42.6 Å². The lowest BCUT2D eigenvalue weighted by atomic mass is 10.1. The summed E-state index contributed by atoms with van der Waals surface area (Å²) >= 11 is 1.58. The molecule has 1 saturated heterocycles. The molecule has 3 heterocycles. The maximum absolute atomic E-state index is 12.9. The molecular weight excluding hydrogens is 428 g/mol. The first-order valence-electron chi connectivity index (χ1n) is 11.8. The van der Waals surface area contributed by atoms with Crippen LogP contribution >= 0.6 is 11.3 Å². The van der Waals surface area contributed by atoms with E-state index >= 15 is 0 Å². The van der Waals surface area contributed by atoms with E-state index in [1.807, 2.05) is 17.6 Å². The Hall–Kier alpha value is -2.96. The molecule has 2 aromatic heterocycles. The van der Waals surface area contributed by atoms with Gasteiger partial charge in [0, 0.05) is 29.4 Å². The highest BCUT2D eigenvalue weighted by molar-refractivity contribution is 7.15. The van der Waals surface area contributed by atoms with E-state index in [9.17, 15) is 4.79 Å². The number of fused-ring (bicyclic) bond motifs is 1. The van der Waals surface area contributed by atoms with Crippen molar-refractivity contribution >= 4 is 22.2 Å². The Morgan fingerprint density at radius 3 is 2.58 bits per heavy atom. The normalized spacial score (nSPS) is 15.2. The summed E-state index contributed by atoms with van der Waals surface area (Å²) in [5.41, 5.74) is 5.62. The predicted octanol–water partition coefficient (Wildman–Crippen LogP) is 5.12. The average molecular weight is 459 g/mol. The Bertz CT molecular complexity index is 1210. The van der Waals surface area contributed by atoms with Crippen molar-refractivity contribution in [2.24, 2.45) is 0 Å². The van der Waals surface area contributed by atoms with E-state index in [2.05, 4.69) is 70.1 Å². The second-order valence-corrected chi connectivity index (χ2v) is 9.54. The molecule has 1 fully saturated rings. The standard InChI is InChI=1S/C27H30N4OS/c1-2-20-10-12-21(13-11-20)24-18-31-23(19-33-27(31)29-24)16-26(32)28-17-25(30-14-6-7-15-30)22-8-4-3-5-9-22/h3-5,8-13,18-19,25H,2,6-7,14-17H2,1H3,(H,28,32). The summed E-state index contributed by atoms with van der Waals surface area (Å²) in [6.45, 7) is 4.98. The van der Waals surface area contributed by atoms with Gasteiger partial charge in [0.25, 0.3) is 0 Å². The number of imidazole rings is 1. The molecule has 0 bridgehead atoms. The van der Waals surface area contributed by atoms with Crippen molar-refractivity contribution in [3.8, 4) is 11.3 Å². The maximum atomic E-state index is 12.9. The molecule has 170 valence electrons. The van der Waals surface area contributed by atoms with Gasteiger partial charge in [0.15, 0.2) is 4.96 Å². The summed E-state index contributed by atoms with van der Waals surface area (Å²) in [7, 11) is 0. The number of likely N-dealkylation sites (tertiary alicyclic amines) is 1. The molecule has 5 nitrogen and oxygen atoms in total. The number of hydrogen-bond donors (Lipinski definition) is 1. The molecule has 1 amide bonds. The number of benzene rings is 2. The van der Waals surface area contributed by atoms with Crippen molar-refractivity contribution < 1.29 is 4.79 Å². The molecule has 1 aliphatic heterocycles. The Kier molecular flexibility index (Phi) is 6.55. The van der Waals surface area contributed by atoms with Crippen molar-refractivity contribution in [1.82, 2.24) is 19.6 Å². The first-order valence-corrected chi connectivity index (χ1v) is 12.7. The molecule has 1 aliphatic rings. The van der Waals surface area contributed by atoms with Gasteiger partial charge >= 0.3 is 0 Å². The van der Waals surface area contributed by atoms with E-state index in [4.69, 9.17) is 4.98 Å². The monoisotopic (exact) mass is 458 g/mol. The van der Waals surface area contributed by atoms with Crippen LogP contribution in [-0.4, -0.2) is 39.8 Å². The molecule has 0 spiro atoms. The van der Waals surface area contributed by atoms with Gasteiger partial charge in [-0.05, 0) is 43.5 Å². The first kappa shape index (κ1) is 21.9. The van der Waals surface area contributed by atoms with Gasteiger partial charge in [0.2, 0.25) is 5.91 Å². The fraction of sp³-hybridized carbons (Fsp3) is 0.333. The lowest BCUT2D eigenvalue weighted by molar-refractivity contribution is -0.120. The van der Waals surface area contributed by atoms with Crippen LogP contribution < -0.4 is 5.32 Å². The minimum absolute atomic E-state index is 0.0531. The van der Waals surface area contributed by atoms with E-state index in [0.29, 0.717) is 13.0 Å². The van der Waals surface area contributed by atoms with Gasteiger partial charge in [-0.2, -0.15) is 0 Å². The maximum Gasteiger partial charge on any atom is 0.226 e. The molecule has 0 aliphatic carbocycles. The minimum Gasteiger partial charge on any atom is -0.354 e. The van der Waals surface area contributed by atoms with Crippen molar-refractivity contribution in [3.05, 3.63) is 83.0 Å². The first-order chi connectivity index (χ1) is 16.2. The van der Waals surface area contributed by atoms with E-state index in [1.54, 1.807) is 11.3 Å². The van der Waals surface area contributed by atoms with Crippen LogP contribution in [-0.2, 0) is 17.6 Å². The smallest absolute Gasteiger partial charge is 0.226 e. The molecule has 6 heteroatoms. The van der Waals surface area contributed by atoms with Crippen molar-refractivity contribution in [1.29, 1.82) is 0 Å². The number of aromatic nitrogens is 2. The number of rotatable bonds is 8. The van der Waals surface area contributed by atoms with Crippen LogP contribution in [0.4, 0.5) is 0 Å². The number of carbonyl (C=O) groups is 1. The highest BCUT2D eigenvalue weighted by atomic mass is 32.1. The van der Waals surface area contributed by atoms with Crippen molar-refractivity contribution in [2.75, 3.05) is 19.6 Å². The van der Waals surface area contributed by atoms with Gasteiger partial charge in [-0.1, -0.05) is 61.5 Å². The van der Waals surface area contributed by atoms with Crippen LogP contribution in [0.3, 0.4) is 0 Å². The molecule has 1 unspecified atom stereocenters. The van der Waals surface area contributed by atoms with Gasteiger partial charge in [0.05, 0.1) is 18.2 Å². The fourth-order valence-electron chi connectivity index (χ4n) is 4.63. The third kappa shape index (κ3) is 4.87. The molecular formula is C27H30N4OS. The van der Waals surface area contributed by atoms with Gasteiger partial charge in [0.1, 0.15) is 0 Å². The summed E-state index contributed by atoms with van der Waals surface area (Å²) in [5, 5.41) is 5.25. The van der Waals surface area contributed by atoms with Crippen molar-refractivity contribution in [2.45, 2.75) is 38.6 Å². The number of carbonyl (C=O) groups excluding carboxylic acids is 1. The number of nitrogens with zero attached hydrogens (tertiary/aromatic N) is 3. The second kappa shape index (κ2) is 9.89. The van der Waals surface area contributed by atoms with Gasteiger partial charge < -0.3 is 5.32 Å². The number of aryl methyl sites for hydroxylation is 1. The van der Waals surface area contributed by atoms with Gasteiger partial charge in [-0.3, -0.25) is 14.1 Å². The molecule has 2 aromatic carbocycles. The SMILES string of the molecule is CCc1ccc(-c2cn3c(CC(=O)NCC(c4ccccc4)N4CCCC4)csc3n2)cc1. The zero-order valence-electron chi connectivity index (χ0n) is 19.0. The third-order valence-corrected chi connectivity index (χ3v) is 7.43. The van der Waals surface area contributed by atoms with E-state index in [0.717, 1.165) is 41.4 Å². The topological polar surface area (TPSA) is 49.6 Å². The molecule has 0 saturated carbocycles.